The number of carbonyl (C=O) groups excluding carboxylic acids is 1. The fraction of sp³-hybridized carbons (Fsp3) is 0.133. The zero-order valence-corrected chi connectivity index (χ0v) is 12.4. The number of benzene rings is 2. The number of hydrogen-bond donors (Lipinski definition) is 0. The van der Waals surface area contributed by atoms with Crippen LogP contribution in [0.25, 0.3) is 0 Å². The van der Waals surface area contributed by atoms with Crippen LogP contribution < -0.4 is 4.74 Å². The SMILES string of the molecule is C[C@@H](Oc1ccc(I)cc1)C(=O)c1ccc(F)cc1. The van der Waals surface area contributed by atoms with E-state index in [0.717, 1.165) is 3.57 Å². The van der Waals surface area contributed by atoms with Gasteiger partial charge < -0.3 is 4.74 Å². The summed E-state index contributed by atoms with van der Waals surface area (Å²) in [6.45, 7) is 1.68. The van der Waals surface area contributed by atoms with Gasteiger partial charge in [0.05, 0.1) is 0 Å². The van der Waals surface area contributed by atoms with Crippen molar-refractivity contribution < 1.29 is 13.9 Å². The molecule has 2 rings (SSSR count). The largest absolute Gasteiger partial charge is 0.483 e. The molecule has 0 radical (unpaired) electrons. The first kappa shape index (κ1) is 14.0. The van der Waals surface area contributed by atoms with Crippen LogP contribution in [0.1, 0.15) is 17.3 Å². The highest BCUT2D eigenvalue weighted by Gasteiger charge is 2.16. The van der Waals surface area contributed by atoms with Gasteiger partial charge in [0.2, 0.25) is 5.78 Å². The fourth-order valence-electron chi connectivity index (χ4n) is 1.62. The van der Waals surface area contributed by atoms with Crippen LogP contribution in [-0.2, 0) is 0 Å². The Morgan fingerprint density at radius 2 is 1.68 bits per heavy atom. The van der Waals surface area contributed by atoms with Gasteiger partial charge in [0.1, 0.15) is 11.6 Å². The summed E-state index contributed by atoms with van der Waals surface area (Å²) < 4.78 is 19.5. The second-order valence-electron chi connectivity index (χ2n) is 4.09. The van der Waals surface area contributed by atoms with Crippen LogP contribution in [0, 0.1) is 9.39 Å². The van der Waals surface area contributed by atoms with Gasteiger partial charge in [0, 0.05) is 9.13 Å². The first-order valence-corrected chi connectivity index (χ1v) is 6.86. The average Bonchev–Trinajstić information content (AvgIpc) is 2.41. The van der Waals surface area contributed by atoms with E-state index >= 15 is 0 Å². The molecule has 2 aromatic rings. The lowest BCUT2D eigenvalue weighted by Crippen LogP contribution is -2.23. The molecule has 0 aliphatic heterocycles. The van der Waals surface area contributed by atoms with E-state index in [1.807, 2.05) is 24.3 Å². The van der Waals surface area contributed by atoms with Crippen molar-refractivity contribution in [1.82, 2.24) is 0 Å². The van der Waals surface area contributed by atoms with Gasteiger partial charge in [0.25, 0.3) is 0 Å². The molecule has 0 heterocycles. The van der Waals surface area contributed by atoms with Crippen molar-refractivity contribution in [3.8, 4) is 5.75 Å². The number of rotatable bonds is 4. The van der Waals surface area contributed by atoms with Crippen LogP contribution in [0.15, 0.2) is 48.5 Å². The van der Waals surface area contributed by atoms with Gasteiger partial charge in [-0.25, -0.2) is 4.39 Å². The number of ketones is 1. The molecule has 1 atom stereocenters. The van der Waals surface area contributed by atoms with Crippen molar-refractivity contribution in [3.63, 3.8) is 0 Å². The quantitative estimate of drug-likeness (QED) is 0.599. The van der Waals surface area contributed by atoms with Crippen molar-refractivity contribution >= 4 is 28.4 Å². The third-order valence-corrected chi connectivity index (χ3v) is 3.34. The summed E-state index contributed by atoms with van der Waals surface area (Å²) in [5.74, 6) is 0.115. The first-order chi connectivity index (χ1) is 9.06. The molecule has 0 bridgehead atoms. The number of hydrogen-bond acceptors (Lipinski definition) is 2. The van der Waals surface area contributed by atoms with Crippen LogP contribution >= 0.6 is 22.6 Å². The predicted octanol–water partition coefficient (Wildman–Crippen LogP) is 4.08. The van der Waals surface area contributed by atoms with Crippen molar-refractivity contribution in [1.29, 1.82) is 0 Å². The molecule has 0 fully saturated rings. The second-order valence-corrected chi connectivity index (χ2v) is 5.33. The Hall–Kier alpha value is -1.43. The van der Waals surface area contributed by atoms with Gasteiger partial charge in [0.15, 0.2) is 6.10 Å². The van der Waals surface area contributed by atoms with Crippen molar-refractivity contribution in [2.45, 2.75) is 13.0 Å². The van der Waals surface area contributed by atoms with Gasteiger partial charge in [-0.1, -0.05) is 0 Å². The molecule has 0 spiro atoms. The normalized spacial score (nSPS) is 11.9. The lowest BCUT2D eigenvalue weighted by molar-refractivity contribution is 0.0818. The van der Waals surface area contributed by atoms with E-state index in [-0.39, 0.29) is 11.6 Å². The third-order valence-electron chi connectivity index (χ3n) is 2.62. The van der Waals surface area contributed by atoms with Crippen molar-refractivity contribution in [2.24, 2.45) is 0 Å². The maximum absolute atomic E-state index is 12.8. The van der Waals surface area contributed by atoms with Crippen LogP contribution in [0.3, 0.4) is 0 Å². The molecular formula is C15H12FIO2. The van der Waals surface area contributed by atoms with Gasteiger partial charge in [-0.3, -0.25) is 4.79 Å². The van der Waals surface area contributed by atoms with E-state index in [1.165, 1.54) is 24.3 Å². The number of carbonyl (C=O) groups is 1. The monoisotopic (exact) mass is 370 g/mol. The number of Topliss-reactive ketones (excluding diaryl/α,β-unsaturated/α-hetero) is 1. The molecule has 19 heavy (non-hydrogen) atoms. The van der Waals surface area contributed by atoms with Crippen LogP contribution in [0.5, 0.6) is 5.75 Å². The Bertz CT molecular complexity index is 564. The maximum atomic E-state index is 12.8. The summed E-state index contributed by atoms with van der Waals surface area (Å²) in [7, 11) is 0. The molecule has 2 nitrogen and oxygen atoms in total. The van der Waals surface area contributed by atoms with Crippen LogP contribution in [0.2, 0.25) is 0 Å². The molecule has 0 amide bonds. The molecule has 0 N–H and O–H groups in total. The topological polar surface area (TPSA) is 26.3 Å². The summed E-state index contributed by atoms with van der Waals surface area (Å²) in [6.07, 6.45) is -0.606. The Morgan fingerprint density at radius 1 is 1.11 bits per heavy atom. The van der Waals surface area contributed by atoms with Gasteiger partial charge in [-0.05, 0) is 78.0 Å². The van der Waals surface area contributed by atoms with E-state index in [1.54, 1.807) is 6.92 Å². The van der Waals surface area contributed by atoms with Crippen LogP contribution in [0.4, 0.5) is 4.39 Å². The highest BCUT2D eigenvalue weighted by atomic mass is 127. The summed E-state index contributed by atoms with van der Waals surface area (Å²) in [5.41, 5.74) is 0.444. The average molecular weight is 370 g/mol. The molecular weight excluding hydrogens is 358 g/mol. The fourth-order valence-corrected chi connectivity index (χ4v) is 1.98. The first-order valence-electron chi connectivity index (χ1n) is 5.78. The molecule has 0 saturated carbocycles. The molecule has 0 aliphatic rings. The van der Waals surface area contributed by atoms with E-state index in [0.29, 0.717) is 11.3 Å². The standard InChI is InChI=1S/C15H12FIO2/c1-10(19-14-8-6-13(17)7-9-14)15(18)11-2-4-12(16)5-3-11/h2-10H,1H3/t10-/m1/s1. The second kappa shape index (κ2) is 6.14. The summed E-state index contributed by atoms with van der Waals surface area (Å²) in [5, 5.41) is 0. The minimum atomic E-state index is -0.606. The number of halogens is 2. The molecule has 0 aromatic heterocycles. The highest BCUT2D eigenvalue weighted by Crippen LogP contribution is 2.16. The summed E-state index contributed by atoms with van der Waals surface area (Å²) >= 11 is 2.20. The Labute approximate surface area is 124 Å². The third kappa shape index (κ3) is 3.76. The van der Waals surface area contributed by atoms with E-state index in [9.17, 15) is 9.18 Å². The Balaban J connectivity index is 2.07. The highest BCUT2D eigenvalue weighted by molar-refractivity contribution is 14.1. The molecule has 0 unspecified atom stereocenters. The Morgan fingerprint density at radius 3 is 2.26 bits per heavy atom. The van der Waals surface area contributed by atoms with Gasteiger partial charge >= 0.3 is 0 Å². The molecule has 0 saturated heterocycles. The molecule has 0 aliphatic carbocycles. The Kier molecular flexibility index (Phi) is 4.52. The van der Waals surface area contributed by atoms with Gasteiger partial charge in [-0.15, -0.1) is 0 Å². The zero-order valence-electron chi connectivity index (χ0n) is 10.3. The minimum Gasteiger partial charge on any atom is -0.483 e. The smallest absolute Gasteiger partial charge is 0.202 e. The maximum Gasteiger partial charge on any atom is 0.202 e. The van der Waals surface area contributed by atoms with Crippen molar-refractivity contribution in [3.05, 3.63) is 63.5 Å². The van der Waals surface area contributed by atoms with Crippen molar-refractivity contribution in [2.75, 3.05) is 0 Å². The molecule has 98 valence electrons. The van der Waals surface area contributed by atoms with E-state index < -0.39 is 6.10 Å². The minimum absolute atomic E-state index is 0.168. The molecule has 4 heteroatoms. The summed E-state index contributed by atoms with van der Waals surface area (Å²) in [6, 6.07) is 12.9. The number of ether oxygens (including phenoxy) is 1. The van der Waals surface area contributed by atoms with Gasteiger partial charge in [-0.2, -0.15) is 0 Å². The van der Waals surface area contributed by atoms with Crippen LogP contribution in [-0.4, -0.2) is 11.9 Å². The predicted molar refractivity (Wildman–Crippen MR) is 80.0 cm³/mol. The van der Waals surface area contributed by atoms with E-state index in [2.05, 4.69) is 22.6 Å². The zero-order chi connectivity index (χ0) is 13.8. The molecule has 2 aromatic carbocycles. The summed E-state index contributed by atoms with van der Waals surface area (Å²) in [4.78, 5) is 12.1. The van der Waals surface area contributed by atoms with E-state index in [4.69, 9.17) is 4.74 Å². The lowest BCUT2D eigenvalue weighted by atomic mass is 10.1. The lowest BCUT2D eigenvalue weighted by Gasteiger charge is -2.13.